The summed E-state index contributed by atoms with van der Waals surface area (Å²) in [5.74, 6) is 0.261. The SMILES string of the molecule is CCCOC(=O)C(CC)N1C(=O)C(CC)Oc2ccc(N)nc21. The first-order chi connectivity index (χ1) is 11.0. The van der Waals surface area contributed by atoms with E-state index in [2.05, 4.69) is 4.98 Å². The Morgan fingerprint density at radius 2 is 2.17 bits per heavy atom. The summed E-state index contributed by atoms with van der Waals surface area (Å²) in [4.78, 5) is 30.6. The number of ether oxygens (including phenoxy) is 2. The predicted octanol–water partition coefficient (Wildman–Crippen LogP) is 1.90. The molecule has 0 aliphatic carbocycles. The molecule has 23 heavy (non-hydrogen) atoms. The summed E-state index contributed by atoms with van der Waals surface area (Å²) < 4.78 is 10.9. The van der Waals surface area contributed by atoms with Gasteiger partial charge < -0.3 is 15.2 Å². The first-order valence-electron chi connectivity index (χ1n) is 7.96. The molecule has 1 aliphatic rings. The normalized spacial score (nSPS) is 18.1. The Balaban J connectivity index is 2.42. The van der Waals surface area contributed by atoms with Crippen molar-refractivity contribution in [3.05, 3.63) is 12.1 Å². The number of esters is 1. The summed E-state index contributed by atoms with van der Waals surface area (Å²) in [6, 6.07) is 2.54. The Morgan fingerprint density at radius 3 is 2.78 bits per heavy atom. The minimum absolute atomic E-state index is 0.261. The molecule has 2 unspecified atom stereocenters. The van der Waals surface area contributed by atoms with E-state index in [1.165, 1.54) is 4.90 Å². The summed E-state index contributed by atoms with van der Waals surface area (Å²) in [7, 11) is 0. The van der Waals surface area contributed by atoms with E-state index >= 15 is 0 Å². The fourth-order valence-corrected chi connectivity index (χ4v) is 2.49. The lowest BCUT2D eigenvalue weighted by molar-refractivity contribution is -0.147. The number of pyridine rings is 1. The molecular formula is C16H23N3O4. The number of carbonyl (C=O) groups is 2. The molecule has 0 radical (unpaired) electrons. The van der Waals surface area contributed by atoms with Gasteiger partial charge in [0.2, 0.25) is 0 Å². The molecule has 1 aromatic heterocycles. The topological polar surface area (TPSA) is 94.8 Å². The predicted molar refractivity (Wildman–Crippen MR) is 86.2 cm³/mol. The zero-order valence-corrected chi connectivity index (χ0v) is 13.7. The van der Waals surface area contributed by atoms with E-state index in [1.807, 2.05) is 20.8 Å². The monoisotopic (exact) mass is 321 g/mol. The largest absolute Gasteiger partial charge is 0.477 e. The van der Waals surface area contributed by atoms with Crippen LogP contribution in [0.3, 0.4) is 0 Å². The molecule has 126 valence electrons. The summed E-state index contributed by atoms with van der Waals surface area (Å²) in [5.41, 5.74) is 5.73. The number of anilines is 2. The molecule has 0 saturated heterocycles. The van der Waals surface area contributed by atoms with Crippen molar-refractivity contribution in [1.82, 2.24) is 4.98 Å². The third-order valence-electron chi connectivity index (χ3n) is 3.66. The van der Waals surface area contributed by atoms with Crippen LogP contribution in [-0.4, -0.2) is 35.6 Å². The highest BCUT2D eigenvalue weighted by Crippen LogP contribution is 2.35. The van der Waals surface area contributed by atoms with Gasteiger partial charge in [-0.05, 0) is 31.4 Å². The molecule has 2 rings (SSSR count). The maximum atomic E-state index is 12.7. The van der Waals surface area contributed by atoms with Crippen molar-refractivity contribution in [1.29, 1.82) is 0 Å². The average molecular weight is 321 g/mol. The smallest absolute Gasteiger partial charge is 0.329 e. The second kappa shape index (κ2) is 7.30. The average Bonchev–Trinajstić information content (AvgIpc) is 2.55. The van der Waals surface area contributed by atoms with Crippen LogP contribution in [0.25, 0.3) is 0 Å². The van der Waals surface area contributed by atoms with E-state index in [9.17, 15) is 9.59 Å². The highest BCUT2D eigenvalue weighted by Gasteiger charge is 2.41. The lowest BCUT2D eigenvalue weighted by Gasteiger charge is -2.36. The molecule has 0 bridgehead atoms. The lowest BCUT2D eigenvalue weighted by Crippen LogP contribution is -2.54. The molecule has 2 heterocycles. The zero-order chi connectivity index (χ0) is 17.0. The lowest BCUT2D eigenvalue weighted by atomic mass is 10.1. The van der Waals surface area contributed by atoms with Gasteiger partial charge in [0, 0.05) is 0 Å². The Labute approximate surface area is 135 Å². The molecule has 7 heteroatoms. The number of aromatic nitrogens is 1. The molecular weight excluding hydrogens is 298 g/mol. The zero-order valence-electron chi connectivity index (χ0n) is 13.7. The van der Waals surface area contributed by atoms with Crippen LogP contribution in [0.4, 0.5) is 11.6 Å². The van der Waals surface area contributed by atoms with E-state index in [1.54, 1.807) is 12.1 Å². The summed E-state index contributed by atoms with van der Waals surface area (Å²) in [6.45, 7) is 5.92. The summed E-state index contributed by atoms with van der Waals surface area (Å²) in [5, 5.41) is 0. The molecule has 1 aromatic rings. The molecule has 2 atom stereocenters. The van der Waals surface area contributed by atoms with Crippen molar-refractivity contribution in [2.24, 2.45) is 0 Å². The second-order valence-corrected chi connectivity index (χ2v) is 5.37. The molecule has 0 spiro atoms. The minimum Gasteiger partial charge on any atom is -0.477 e. The van der Waals surface area contributed by atoms with Crippen LogP contribution in [0.1, 0.15) is 40.0 Å². The van der Waals surface area contributed by atoms with Crippen molar-refractivity contribution in [3.8, 4) is 5.75 Å². The van der Waals surface area contributed by atoms with Gasteiger partial charge in [-0.25, -0.2) is 9.78 Å². The van der Waals surface area contributed by atoms with Gasteiger partial charge >= 0.3 is 5.97 Å². The number of carbonyl (C=O) groups excluding carboxylic acids is 2. The highest BCUT2D eigenvalue weighted by molar-refractivity contribution is 6.03. The second-order valence-electron chi connectivity index (χ2n) is 5.37. The molecule has 7 nitrogen and oxygen atoms in total. The van der Waals surface area contributed by atoms with Crippen LogP contribution < -0.4 is 15.4 Å². The fraction of sp³-hybridized carbons (Fsp3) is 0.562. The van der Waals surface area contributed by atoms with Crippen molar-refractivity contribution in [2.75, 3.05) is 17.2 Å². The third kappa shape index (κ3) is 3.38. The van der Waals surface area contributed by atoms with Crippen molar-refractivity contribution >= 4 is 23.5 Å². The van der Waals surface area contributed by atoms with E-state index in [-0.39, 0.29) is 17.5 Å². The van der Waals surface area contributed by atoms with Crippen LogP contribution in [0, 0.1) is 0 Å². The number of fused-ring (bicyclic) bond motifs is 1. The number of rotatable bonds is 6. The van der Waals surface area contributed by atoms with Gasteiger partial charge in [-0.3, -0.25) is 9.69 Å². The van der Waals surface area contributed by atoms with Gasteiger partial charge in [0.05, 0.1) is 6.61 Å². The minimum atomic E-state index is -0.736. The van der Waals surface area contributed by atoms with Crippen LogP contribution in [0.15, 0.2) is 12.1 Å². The van der Waals surface area contributed by atoms with E-state index < -0.39 is 18.1 Å². The van der Waals surface area contributed by atoms with Crippen molar-refractivity contribution < 1.29 is 19.1 Å². The summed E-state index contributed by atoms with van der Waals surface area (Å²) in [6.07, 6.45) is 1.000. The number of nitrogens with zero attached hydrogens (tertiary/aromatic N) is 2. The Kier molecular flexibility index (Phi) is 5.41. The molecule has 1 aliphatic heterocycles. The van der Waals surface area contributed by atoms with Gasteiger partial charge in [-0.15, -0.1) is 0 Å². The van der Waals surface area contributed by atoms with Gasteiger partial charge in [-0.2, -0.15) is 0 Å². The van der Waals surface area contributed by atoms with E-state index in [0.29, 0.717) is 25.2 Å². The first-order valence-corrected chi connectivity index (χ1v) is 7.96. The van der Waals surface area contributed by atoms with Crippen LogP contribution in [0.2, 0.25) is 0 Å². The standard InChI is InChI=1S/C16H23N3O4/c1-4-9-22-16(21)10(5-2)19-14-12(7-8-13(17)18-14)23-11(6-3)15(19)20/h7-8,10-11H,4-6,9H2,1-3H3,(H2,17,18). The van der Waals surface area contributed by atoms with Crippen molar-refractivity contribution in [2.45, 2.75) is 52.2 Å². The maximum absolute atomic E-state index is 12.7. The summed E-state index contributed by atoms with van der Waals surface area (Å²) >= 11 is 0. The number of hydrogen-bond donors (Lipinski definition) is 1. The number of nitrogen functional groups attached to an aromatic ring is 1. The fourth-order valence-electron chi connectivity index (χ4n) is 2.49. The quantitative estimate of drug-likeness (QED) is 0.804. The number of amides is 1. The Morgan fingerprint density at radius 1 is 1.43 bits per heavy atom. The number of hydrogen-bond acceptors (Lipinski definition) is 6. The van der Waals surface area contributed by atoms with Crippen LogP contribution >= 0.6 is 0 Å². The maximum Gasteiger partial charge on any atom is 0.329 e. The van der Waals surface area contributed by atoms with Gasteiger partial charge in [-0.1, -0.05) is 20.8 Å². The molecule has 1 amide bonds. The molecule has 0 saturated carbocycles. The third-order valence-corrected chi connectivity index (χ3v) is 3.66. The molecule has 0 fully saturated rings. The molecule has 0 aromatic carbocycles. The van der Waals surface area contributed by atoms with E-state index in [4.69, 9.17) is 15.2 Å². The molecule has 2 N–H and O–H groups in total. The van der Waals surface area contributed by atoms with E-state index in [0.717, 1.165) is 6.42 Å². The van der Waals surface area contributed by atoms with Crippen molar-refractivity contribution in [3.63, 3.8) is 0 Å². The van der Waals surface area contributed by atoms with Crippen LogP contribution in [-0.2, 0) is 14.3 Å². The highest BCUT2D eigenvalue weighted by atomic mass is 16.5. The first kappa shape index (κ1) is 17.1. The van der Waals surface area contributed by atoms with Gasteiger partial charge in [0.1, 0.15) is 11.9 Å². The Bertz CT molecular complexity index is 591. The number of nitrogens with two attached hydrogens (primary N) is 1. The van der Waals surface area contributed by atoms with Gasteiger partial charge in [0.15, 0.2) is 17.7 Å². The Hall–Kier alpha value is -2.31. The van der Waals surface area contributed by atoms with Crippen LogP contribution in [0.5, 0.6) is 5.75 Å². The van der Waals surface area contributed by atoms with Gasteiger partial charge in [0.25, 0.3) is 5.91 Å².